The molecule has 2 aliphatic heterocycles. The van der Waals surface area contributed by atoms with Crippen LogP contribution in [0.15, 0.2) is 18.5 Å². The molecule has 0 aromatic carbocycles. The summed E-state index contributed by atoms with van der Waals surface area (Å²) in [4.78, 5) is 8.05. The lowest BCUT2D eigenvalue weighted by Crippen LogP contribution is -2.45. The van der Waals surface area contributed by atoms with Crippen molar-refractivity contribution in [3.63, 3.8) is 0 Å². The Morgan fingerprint density at radius 2 is 2.08 bits per heavy atom. The lowest BCUT2D eigenvalue weighted by molar-refractivity contribution is -0.137. The van der Waals surface area contributed by atoms with Gasteiger partial charge in [-0.25, -0.2) is 0 Å². The molecule has 1 aromatic rings. The molecule has 0 amide bonds. The minimum absolute atomic E-state index is 0.189. The molecule has 0 spiro atoms. The van der Waals surface area contributed by atoms with E-state index in [9.17, 15) is 18.3 Å². The Hall–Kier alpha value is -1.34. The number of hydrogen-bond donors (Lipinski definition) is 1. The third-order valence-corrected chi connectivity index (χ3v) is 5.21. The summed E-state index contributed by atoms with van der Waals surface area (Å²) in [5.74, 6) is 0.351. The number of rotatable bonds is 3. The lowest BCUT2D eigenvalue weighted by atomic mass is 9.98. The van der Waals surface area contributed by atoms with Crippen molar-refractivity contribution in [1.82, 2.24) is 9.88 Å². The number of hydrogen-bond acceptors (Lipinski definition) is 4. The van der Waals surface area contributed by atoms with Crippen LogP contribution in [-0.4, -0.2) is 53.3 Å². The number of piperidine rings is 1. The van der Waals surface area contributed by atoms with Gasteiger partial charge in [-0.1, -0.05) is 0 Å². The highest BCUT2D eigenvalue weighted by molar-refractivity contribution is 5.53. The summed E-state index contributed by atoms with van der Waals surface area (Å²) in [5, 5.41) is 9.71. The van der Waals surface area contributed by atoms with E-state index in [4.69, 9.17) is 0 Å². The maximum atomic E-state index is 13.2. The van der Waals surface area contributed by atoms with Crippen LogP contribution in [0.25, 0.3) is 0 Å². The molecule has 134 valence electrons. The van der Waals surface area contributed by atoms with Crippen LogP contribution in [0, 0.1) is 5.92 Å². The fourth-order valence-electron chi connectivity index (χ4n) is 3.88. The van der Waals surface area contributed by atoms with Crippen LogP contribution < -0.4 is 4.90 Å². The zero-order valence-electron chi connectivity index (χ0n) is 13.8. The van der Waals surface area contributed by atoms with Crippen molar-refractivity contribution in [3.8, 4) is 0 Å². The summed E-state index contributed by atoms with van der Waals surface area (Å²) in [6.45, 7) is 5.11. The van der Waals surface area contributed by atoms with Crippen LogP contribution in [0.1, 0.15) is 31.7 Å². The quantitative estimate of drug-likeness (QED) is 0.916. The summed E-state index contributed by atoms with van der Waals surface area (Å²) in [6, 6.07) is 1.38. The standard InChI is InChI=1S/C17H24F3N3O/c1-12-8-14(24)4-7-22(12)10-13-3-6-23(11-13)16-9-21-5-2-15(16)17(18,19)20/h2,5,9,12-14,24H,3-4,6-8,10-11H2,1H3. The molecular formula is C17H24F3N3O. The number of alkyl halides is 3. The third-order valence-electron chi connectivity index (χ3n) is 5.21. The number of nitrogens with zero attached hydrogens (tertiary/aromatic N) is 3. The van der Waals surface area contributed by atoms with E-state index in [-0.39, 0.29) is 11.8 Å². The van der Waals surface area contributed by atoms with Crippen LogP contribution in [0.2, 0.25) is 0 Å². The SMILES string of the molecule is CC1CC(O)CCN1CC1CCN(c2cnccc2C(F)(F)F)C1. The number of likely N-dealkylation sites (tertiary alicyclic amines) is 1. The second-order valence-electron chi connectivity index (χ2n) is 7.01. The van der Waals surface area contributed by atoms with Crippen LogP contribution in [-0.2, 0) is 6.18 Å². The molecule has 7 heteroatoms. The van der Waals surface area contributed by atoms with Gasteiger partial charge in [0.05, 0.1) is 23.6 Å². The first-order valence-corrected chi connectivity index (χ1v) is 8.53. The van der Waals surface area contributed by atoms with Crippen molar-refractivity contribution >= 4 is 5.69 Å². The van der Waals surface area contributed by atoms with E-state index in [0.717, 1.165) is 38.4 Å². The van der Waals surface area contributed by atoms with Gasteiger partial charge in [-0.3, -0.25) is 4.98 Å². The Morgan fingerprint density at radius 3 is 2.79 bits per heavy atom. The minimum Gasteiger partial charge on any atom is -0.393 e. The van der Waals surface area contributed by atoms with Gasteiger partial charge in [-0.2, -0.15) is 13.2 Å². The van der Waals surface area contributed by atoms with Crippen LogP contribution in [0.4, 0.5) is 18.9 Å². The molecule has 3 atom stereocenters. The smallest absolute Gasteiger partial charge is 0.393 e. The van der Waals surface area contributed by atoms with Crippen molar-refractivity contribution in [2.24, 2.45) is 5.92 Å². The zero-order chi connectivity index (χ0) is 17.3. The molecule has 0 radical (unpaired) electrons. The fourth-order valence-corrected chi connectivity index (χ4v) is 3.88. The van der Waals surface area contributed by atoms with Crippen LogP contribution in [0.3, 0.4) is 0 Å². The molecule has 0 bridgehead atoms. The maximum Gasteiger partial charge on any atom is 0.418 e. The van der Waals surface area contributed by atoms with E-state index >= 15 is 0 Å². The van der Waals surface area contributed by atoms with E-state index in [1.54, 1.807) is 0 Å². The number of aliphatic hydroxyl groups excluding tert-OH is 1. The molecule has 24 heavy (non-hydrogen) atoms. The van der Waals surface area contributed by atoms with Gasteiger partial charge in [-0.05, 0) is 38.2 Å². The lowest BCUT2D eigenvalue weighted by Gasteiger charge is -2.37. The summed E-state index contributed by atoms with van der Waals surface area (Å²) in [5.41, 5.74) is -0.415. The van der Waals surface area contributed by atoms with Gasteiger partial charge in [0, 0.05) is 38.4 Å². The first-order chi connectivity index (χ1) is 11.3. The summed E-state index contributed by atoms with van der Waals surface area (Å²) >= 11 is 0. The first-order valence-electron chi connectivity index (χ1n) is 8.53. The molecule has 2 fully saturated rings. The van der Waals surface area contributed by atoms with Crippen molar-refractivity contribution in [3.05, 3.63) is 24.0 Å². The van der Waals surface area contributed by atoms with Crippen molar-refractivity contribution < 1.29 is 18.3 Å². The molecule has 2 aliphatic rings. The van der Waals surface area contributed by atoms with Gasteiger partial charge < -0.3 is 14.9 Å². The molecular weight excluding hydrogens is 319 g/mol. The Labute approximate surface area is 140 Å². The topological polar surface area (TPSA) is 39.6 Å². The highest BCUT2D eigenvalue weighted by atomic mass is 19.4. The zero-order valence-corrected chi connectivity index (χ0v) is 13.8. The van der Waals surface area contributed by atoms with E-state index in [2.05, 4.69) is 16.8 Å². The van der Waals surface area contributed by atoms with Gasteiger partial charge in [0.2, 0.25) is 0 Å². The van der Waals surface area contributed by atoms with E-state index in [1.807, 2.05) is 4.90 Å². The van der Waals surface area contributed by atoms with Gasteiger partial charge in [0.1, 0.15) is 0 Å². The predicted molar refractivity (Wildman–Crippen MR) is 85.8 cm³/mol. The highest BCUT2D eigenvalue weighted by Gasteiger charge is 2.37. The Kier molecular flexibility index (Phi) is 5.01. The Balaban J connectivity index is 1.64. The first kappa shape index (κ1) is 17.5. The maximum absolute atomic E-state index is 13.2. The van der Waals surface area contributed by atoms with E-state index in [0.29, 0.717) is 25.0 Å². The predicted octanol–water partition coefficient (Wildman–Crippen LogP) is 2.77. The average Bonchev–Trinajstić information content (AvgIpc) is 2.98. The number of aliphatic hydroxyl groups is 1. The molecule has 4 nitrogen and oxygen atoms in total. The molecule has 3 rings (SSSR count). The Morgan fingerprint density at radius 1 is 1.29 bits per heavy atom. The summed E-state index contributed by atoms with van der Waals surface area (Å²) in [7, 11) is 0. The molecule has 0 aliphatic carbocycles. The van der Waals surface area contributed by atoms with E-state index in [1.165, 1.54) is 12.4 Å². The fraction of sp³-hybridized carbons (Fsp3) is 0.706. The molecule has 1 aromatic heterocycles. The Bertz CT molecular complexity index is 566. The molecule has 1 N–H and O–H groups in total. The van der Waals surface area contributed by atoms with Crippen molar-refractivity contribution in [2.75, 3.05) is 31.1 Å². The number of pyridine rings is 1. The average molecular weight is 343 g/mol. The number of aromatic nitrogens is 1. The van der Waals surface area contributed by atoms with Gasteiger partial charge in [-0.15, -0.1) is 0 Å². The molecule has 2 saturated heterocycles. The highest BCUT2D eigenvalue weighted by Crippen LogP contribution is 2.37. The van der Waals surface area contributed by atoms with Crippen molar-refractivity contribution in [1.29, 1.82) is 0 Å². The molecule has 3 unspecified atom stereocenters. The van der Waals surface area contributed by atoms with E-state index < -0.39 is 11.7 Å². The normalized spacial score (nSPS) is 29.2. The van der Waals surface area contributed by atoms with Gasteiger partial charge in [0.15, 0.2) is 0 Å². The number of halogens is 3. The van der Waals surface area contributed by atoms with Crippen LogP contribution >= 0.6 is 0 Å². The third kappa shape index (κ3) is 3.83. The monoisotopic (exact) mass is 343 g/mol. The second-order valence-corrected chi connectivity index (χ2v) is 7.01. The molecule has 3 heterocycles. The summed E-state index contributed by atoms with van der Waals surface area (Å²) in [6.07, 6.45) is 0.386. The molecule has 0 saturated carbocycles. The van der Waals surface area contributed by atoms with Crippen molar-refractivity contribution in [2.45, 2.75) is 44.5 Å². The van der Waals surface area contributed by atoms with Crippen LogP contribution in [0.5, 0.6) is 0 Å². The number of anilines is 1. The van der Waals surface area contributed by atoms with Gasteiger partial charge >= 0.3 is 6.18 Å². The largest absolute Gasteiger partial charge is 0.418 e. The second kappa shape index (κ2) is 6.88. The summed E-state index contributed by atoms with van der Waals surface area (Å²) < 4.78 is 39.5. The minimum atomic E-state index is -4.35. The van der Waals surface area contributed by atoms with Gasteiger partial charge in [0.25, 0.3) is 0 Å².